The lowest BCUT2D eigenvalue weighted by atomic mass is 10.1. The van der Waals surface area contributed by atoms with Crippen LogP contribution in [0.25, 0.3) is 0 Å². The van der Waals surface area contributed by atoms with Crippen molar-refractivity contribution in [3.63, 3.8) is 0 Å². The molecule has 0 spiro atoms. The fourth-order valence-electron chi connectivity index (χ4n) is 3.50. The average molecular weight is 449 g/mol. The number of nitrogens with zero attached hydrogens (tertiary/aromatic N) is 2. The van der Waals surface area contributed by atoms with Gasteiger partial charge in [-0.05, 0) is 41.8 Å². The molecule has 0 aromatic heterocycles. The van der Waals surface area contributed by atoms with Gasteiger partial charge in [0.15, 0.2) is 5.96 Å². The van der Waals surface area contributed by atoms with E-state index in [-0.39, 0.29) is 11.4 Å². The van der Waals surface area contributed by atoms with Gasteiger partial charge in [0.05, 0.1) is 11.5 Å². The van der Waals surface area contributed by atoms with Crippen LogP contribution in [0.15, 0.2) is 58.4 Å². The second kappa shape index (κ2) is 10.7. The molecule has 1 aliphatic heterocycles. The molecule has 1 fully saturated rings. The van der Waals surface area contributed by atoms with E-state index in [1.54, 1.807) is 37.4 Å². The minimum Gasteiger partial charge on any atom is -0.381 e. The van der Waals surface area contributed by atoms with Gasteiger partial charge in [0, 0.05) is 46.3 Å². The molecule has 2 aromatic rings. The van der Waals surface area contributed by atoms with Crippen LogP contribution in [0.1, 0.15) is 17.5 Å². The van der Waals surface area contributed by atoms with E-state index in [4.69, 9.17) is 4.74 Å². The summed E-state index contributed by atoms with van der Waals surface area (Å²) >= 11 is 0. The zero-order valence-corrected chi connectivity index (χ0v) is 18.7. The van der Waals surface area contributed by atoms with Crippen molar-refractivity contribution in [1.82, 2.24) is 14.9 Å². The summed E-state index contributed by atoms with van der Waals surface area (Å²) < 4.78 is 46.6. The summed E-state index contributed by atoms with van der Waals surface area (Å²) in [6.07, 6.45) is 1.05. The van der Waals surface area contributed by atoms with Crippen LogP contribution in [-0.4, -0.2) is 53.1 Å². The van der Waals surface area contributed by atoms with Crippen LogP contribution in [0.5, 0.6) is 0 Å². The lowest BCUT2D eigenvalue weighted by Crippen LogP contribution is -2.41. The van der Waals surface area contributed by atoms with Crippen LogP contribution >= 0.6 is 0 Å². The summed E-state index contributed by atoms with van der Waals surface area (Å²) in [7, 11) is -0.0243. The minimum absolute atomic E-state index is 0.0187. The van der Waals surface area contributed by atoms with Gasteiger partial charge in [-0.1, -0.05) is 24.3 Å². The third-order valence-electron chi connectivity index (χ3n) is 5.14. The first kappa shape index (κ1) is 23.2. The van der Waals surface area contributed by atoms with E-state index < -0.39 is 15.8 Å². The Bertz CT molecular complexity index is 1010. The summed E-state index contributed by atoms with van der Waals surface area (Å²) in [5, 5.41) is 3.28. The summed E-state index contributed by atoms with van der Waals surface area (Å²) in [4.78, 5) is 6.53. The first-order chi connectivity index (χ1) is 14.9. The average Bonchev–Trinajstić information content (AvgIpc) is 3.26. The first-order valence-electron chi connectivity index (χ1n) is 10.2. The molecule has 1 heterocycles. The molecule has 2 N–H and O–H groups in total. The number of benzene rings is 2. The highest BCUT2D eigenvalue weighted by molar-refractivity contribution is 7.89. The number of aliphatic imine (C=N–C) groups is 1. The zero-order valence-electron chi connectivity index (χ0n) is 17.8. The van der Waals surface area contributed by atoms with E-state index in [2.05, 4.69) is 19.9 Å². The number of ether oxygens (including phenoxy) is 1. The lowest BCUT2D eigenvalue weighted by Gasteiger charge is -2.24. The van der Waals surface area contributed by atoms with Crippen molar-refractivity contribution >= 4 is 16.0 Å². The number of hydrogen-bond acceptors (Lipinski definition) is 4. The van der Waals surface area contributed by atoms with Gasteiger partial charge < -0.3 is 15.0 Å². The fourth-order valence-corrected chi connectivity index (χ4v) is 4.59. The summed E-state index contributed by atoms with van der Waals surface area (Å²) in [6.45, 7) is 2.87. The molecule has 31 heavy (non-hydrogen) atoms. The number of rotatable bonds is 8. The van der Waals surface area contributed by atoms with Crippen LogP contribution in [0.4, 0.5) is 4.39 Å². The largest absolute Gasteiger partial charge is 0.381 e. The molecule has 0 radical (unpaired) electrons. The Balaban J connectivity index is 1.59. The maximum Gasteiger partial charge on any atom is 0.240 e. The molecule has 1 aliphatic rings. The molecular formula is C22H29FN4O3S. The molecular weight excluding hydrogens is 419 g/mol. The molecule has 0 saturated carbocycles. The van der Waals surface area contributed by atoms with E-state index in [9.17, 15) is 12.8 Å². The van der Waals surface area contributed by atoms with Crippen LogP contribution < -0.4 is 10.0 Å². The maximum atomic E-state index is 13.3. The Morgan fingerprint density at radius 3 is 2.61 bits per heavy atom. The molecule has 7 nitrogen and oxygen atoms in total. The SMILES string of the molecule is CN=C(NCc1cccc(S(=O)(=O)NCc2cccc(F)c2)c1)N(C)CC1CCOC1. The van der Waals surface area contributed by atoms with E-state index in [1.807, 2.05) is 13.1 Å². The predicted molar refractivity (Wildman–Crippen MR) is 119 cm³/mol. The van der Waals surface area contributed by atoms with Gasteiger partial charge in [0.1, 0.15) is 5.82 Å². The van der Waals surface area contributed by atoms with Gasteiger partial charge in [-0.2, -0.15) is 0 Å². The number of sulfonamides is 1. The molecule has 1 unspecified atom stereocenters. The van der Waals surface area contributed by atoms with Gasteiger partial charge in [-0.25, -0.2) is 17.5 Å². The Labute approximate surface area is 183 Å². The third kappa shape index (κ3) is 6.75. The van der Waals surface area contributed by atoms with E-state index in [0.717, 1.165) is 37.7 Å². The Hall–Kier alpha value is -2.49. The molecule has 0 amide bonds. The standard InChI is InChI=1S/C22H29FN4O3S/c1-24-22(27(2)15-19-9-10-30-16-19)25-13-18-6-4-8-21(12-18)31(28,29)26-14-17-5-3-7-20(23)11-17/h3-8,11-12,19,26H,9-10,13-16H2,1-2H3,(H,24,25). The van der Waals surface area contributed by atoms with Crippen LogP contribution in [0.3, 0.4) is 0 Å². The normalized spacial score (nSPS) is 17.0. The van der Waals surface area contributed by atoms with Crippen molar-refractivity contribution in [1.29, 1.82) is 0 Å². The topological polar surface area (TPSA) is 83.0 Å². The summed E-state index contributed by atoms with van der Waals surface area (Å²) in [5.41, 5.74) is 1.37. The molecule has 3 rings (SSSR count). The monoisotopic (exact) mass is 448 g/mol. The van der Waals surface area contributed by atoms with E-state index in [0.29, 0.717) is 18.0 Å². The van der Waals surface area contributed by atoms with Crippen molar-refractivity contribution in [2.45, 2.75) is 24.4 Å². The van der Waals surface area contributed by atoms with E-state index >= 15 is 0 Å². The zero-order chi connectivity index (χ0) is 22.3. The molecule has 168 valence electrons. The van der Waals surface area contributed by atoms with Crippen molar-refractivity contribution in [2.24, 2.45) is 10.9 Å². The van der Waals surface area contributed by atoms with Crippen LogP contribution in [0, 0.1) is 11.7 Å². The molecule has 1 atom stereocenters. The lowest BCUT2D eigenvalue weighted by molar-refractivity contribution is 0.181. The molecule has 2 aromatic carbocycles. The predicted octanol–water partition coefficient (Wildman–Crippen LogP) is 2.35. The highest BCUT2D eigenvalue weighted by atomic mass is 32.2. The Morgan fingerprint density at radius 1 is 1.19 bits per heavy atom. The number of nitrogens with one attached hydrogen (secondary N) is 2. The molecule has 0 bridgehead atoms. The maximum absolute atomic E-state index is 13.3. The van der Waals surface area contributed by atoms with Crippen LogP contribution in [0.2, 0.25) is 0 Å². The first-order valence-corrected chi connectivity index (χ1v) is 11.7. The van der Waals surface area contributed by atoms with Crippen molar-refractivity contribution in [3.8, 4) is 0 Å². The second-order valence-corrected chi connectivity index (χ2v) is 9.38. The minimum atomic E-state index is -3.72. The van der Waals surface area contributed by atoms with Crippen molar-refractivity contribution in [3.05, 3.63) is 65.5 Å². The number of hydrogen-bond donors (Lipinski definition) is 2. The van der Waals surface area contributed by atoms with Gasteiger partial charge in [-0.15, -0.1) is 0 Å². The Kier molecular flexibility index (Phi) is 8.00. The Morgan fingerprint density at radius 2 is 1.94 bits per heavy atom. The van der Waals surface area contributed by atoms with Gasteiger partial charge >= 0.3 is 0 Å². The van der Waals surface area contributed by atoms with Gasteiger partial charge in [-0.3, -0.25) is 4.99 Å². The highest BCUT2D eigenvalue weighted by Crippen LogP contribution is 2.15. The molecule has 9 heteroatoms. The molecule has 1 saturated heterocycles. The quantitative estimate of drug-likeness (QED) is 0.479. The third-order valence-corrected chi connectivity index (χ3v) is 6.54. The van der Waals surface area contributed by atoms with Crippen molar-refractivity contribution < 1.29 is 17.5 Å². The number of halogens is 1. The smallest absolute Gasteiger partial charge is 0.240 e. The summed E-state index contributed by atoms with van der Waals surface area (Å²) in [6, 6.07) is 12.6. The van der Waals surface area contributed by atoms with Gasteiger partial charge in [0.25, 0.3) is 0 Å². The van der Waals surface area contributed by atoms with Crippen LogP contribution in [-0.2, 0) is 27.8 Å². The highest BCUT2D eigenvalue weighted by Gasteiger charge is 2.19. The second-order valence-electron chi connectivity index (χ2n) is 7.61. The van der Waals surface area contributed by atoms with Crippen molar-refractivity contribution in [2.75, 3.05) is 33.9 Å². The number of guanidine groups is 1. The fraction of sp³-hybridized carbons (Fsp3) is 0.409. The summed E-state index contributed by atoms with van der Waals surface area (Å²) in [5.74, 6) is 0.828. The van der Waals surface area contributed by atoms with E-state index in [1.165, 1.54) is 12.1 Å². The molecule has 0 aliphatic carbocycles. The van der Waals surface area contributed by atoms with Gasteiger partial charge in [0.2, 0.25) is 10.0 Å².